The van der Waals surface area contributed by atoms with E-state index in [0.717, 1.165) is 11.8 Å². The third-order valence-corrected chi connectivity index (χ3v) is 2.84. The van der Waals surface area contributed by atoms with Gasteiger partial charge in [-0.25, -0.2) is 9.37 Å². The second-order valence-electron chi connectivity index (χ2n) is 3.38. The molecule has 0 bridgehead atoms. The van der Waals surface area contributed by atoms with Gasteiger partial charge in [0.25, 0.3) is 0 Å². The fraction of sp³-hybridized carbons (Fsp3) is 0.0909. The summed E-state index contributed by atoms with van der Waals surface area (Å²) in [5, 5.41) is 0.591. The number of rotatable bonds is 1. The molecule has 0 spiro atoms. The van der Waals surface area contributed by atoms with Crippen LogP contribution in [0.1, 0.15) is 5.56 Å². The highest BCUT2D eigenvalue weighted by Gasteiger charge is 2.07. The summed E-state index contributed by atoms with van der Waals surface area (Å²) < 4.78 is 13.7. The predicted molar refractivity (Wildman–Crippen MR) is 64.6 cm³/mol. The average Bonchev–Trinajstić information content (AvgIpc) is 2.26. The first kappa shape index (κ1) is 11.2. The maximum Gasteiger partial charge on any atom is 0.197 e. The van der Waals surface area contributed by atoms with Gasteiger partial charge in [-0.05, 0) is 30.8 Å². The lowest BCUT2D eigenvalue weighted by Gasteiger charge is -2.05. The van der Waals surface area contributed by atoms with Crippen molar-refractivity contribution in [1.82, 2.24) is 9.97 Å². The standard InChI is InChI=1S/C11H8ClFN2S/c1-6-2-3-7(4-8(6)12)10-9(13)5-14-11(16)15-10/h2-5H,1H3,(H,14,15,16). The molecule has 2 nitrogen and oxygen atoms in total. The highest BCUT2D eigenvalue weighted by Crippen LogP contribution is 2.25. The number of benzene rings is 1. The van der Waals surface area contributed by atoms with Gasteiger partial charge in [0.2, 0.25) is 0 Å². The Bertz CT molecular complexity index is 595. The Kier molecular flexibility index (Phi) is 3.03. The number of hydrogen-bond acceptors (Lipinski definition) is 2. The van der Waals surface area contributed by atoms with Gasteiger partial charge in [-0.15, -0.1) is 0 Å². The number of hydrogen-bond donors (Lipinski definition) is 1. The van der Waals surface area contributed by atoms with E-state index in [-0.39, 0.29) is 4.77 Å². The van der Waals surface area contributed by atoms with E-state index in [1.807, 2.05) is 13.0 Å². The molecule has 0 fully saturated rings. The zero-order valence-corrected chi connectivity index (χ0v) is 9.99. The van der Waals surface area contributed by atoms with Crippen LogP contribution in [0.2, 0.25) is 5.02 Å². The first-order chi connectivity index (χ1) is 7.58. The van der Waals surface area contributed by atoms with Gasteiger partial charge in [-0.2, -0.15) is 0 Å². The molecule has 5 heteroatoms. The van der Waals surface area contributed by atoms with Crippen LogP contribution in [0.4, 0.5) is 4.39 Å². The van der Waals surface area contributed by atoms with Crippen LogP contribution in [0.15, 0.2) is 24.4 Å². The van der Waals surface area contributed by atoms with Crippen molar-refractivity contribution in [3.8, 4) is 11.3 Å². The van der Waals surface area contributed by atoms with Crippen LogP contribution in [0.3, 0.4) is 0 Å². The topological polar surface area (TPSA) is 28.7 Å². The molecule has 0 unspecified atom stereocenters. The van der Waals surface area contributed by atoms with Gasteiger partial charge in [-0.1, -0.05) is 23.7 Å². The zero-order chi connectivity index (χ0) is 11.7. The van der Waals surface area contributed by atoms with E-state index in [0.29, 0.717) is 16.3 Å². The largest absolute Gasteiger partial charge is 0.328 e. The number of H-pyrrole nitrogens is 1. The summed E-state index contributed by atoms with van der Waals surface area (Å²) in [7, 11) is 0. The quantitative estimate of drug-likeness (QED) is 0.782. The predicted octanol–water partition coefficient (Wildman–Crippen LogP) is 3.91. The van der Waals surface area contributed by atoms with Crippen molar-refractivity contribution in [2.75, 3.05) is 0 Å². The number of nitrogens with zero attached hydrogens (tertiary/aromatic N) is 1. The van der Waals surface area contributed by atoms with Gasteiger partial charge in [0.1, 0.15) is 0 Å². The van der Waals surface area contributed by atoms with Crippen molar-refractivity contribution in [1.29, 1.82) is 0 Å². The highest BCUT2D eigenvalue weighted by atomic mass is 35.5. The molecule has 0 saturated heterocycles. The molecule has 2 aromatic rings. The molecule has 1 heterocycles. The third kappa shape index (κ3) is 2.13. The van der Waals surface area contributed by atoms with Crippen LogP contribution in [-0.2, 0) is 0 Å². The smallest absolute Gasteiger partial charge is 0.197 e. The molecule has 16 heavy (non-hydrogen) atoms. The molecule has 0 aliphatic carbocycles. The molecule has 0 amide bonds. The minimum Gasteiger partial charge on any atom is -0.328 e. The lowest BCUT2D eigenvalue weighted by Crippen LogP contribution is -1.92. The van der Waals surface area contributed by atoms with Crippen molar-refractivity contribution in [3.05, 3.63) is 45.6 Å². The Balaban J connectivity index is 2.62. The Labute approximate surface area is 102 Å². The molecule has 0 saturated carbocycles. The zero-order valence-electron chi connectivity index (χ0n) is 8.42. The summed E-state index contributed by atoms with van der Waals surface area (Å²) in [6, 6.07) is 5.31. The maximum absolute atomic E-state index is 13.5. The molecule has 0 radical (unpaired) electrons. The average molecular weight is 255 g/mol. The molecular weight excluding hydrogens is 247 g/mol. The molecule has 0 aliphatic rings. The first-order valence-electron chi connectivity index (χ1n) is 4.59. The van der Waals surface area contributed by atoms with Crippen LogP contribution in [0.5, 0.6) is 0 Å². The summed E-state index contributed by atoms with van der Waals surface area (Å²) in [5.41, 5.74) is 1.90. The number of aromatic nitrogens is 2. The summed E-state index contributed by atoms with van der Waals surface area (Å²) in [6.45, 7) is 1.89. The monoisotopic (exact) mass is 254 g/mol. The van der Waals surface area contributed by atoms with E-state index >= 15 is 0 Å². The molecule has 1 N–H and O–H groups in total. The number of aromatic amines is 1. The molecule has 2 rings (SSSR count). The van der Waals surface area contributed by atoms with Crippen LogP contribution in [0.25, 0.3) is 11.3 Å². The Morgan fingerprint density at radius 1 is 1.44 bits per heavy atom. The Hall–Kier alpha value is -1.26. The molecule has 1 aromatic heterocycles. The van der Waals surface area contributed by atoms with Gasteiger partial charge in [0.05, 0.1) is 11.9 Å². The minimum atomic E-state index is -0.450. The van der Waals surface area contributed by atoms with Crippen LogP contribution in [0, 0.1) is 17.5 Å². The lowest BCUT2D eigenvalue weighted by molar-refractivity contribution is 0.617. The van der Waals surface area contributed by atoms with E-state index in [1.165, 1.54) is 0 Å². The lowest BCUT2D eigenvalue weighted by atomic mass is 10.1. The summed E-state index contributed by atoms with van der Waals surface area (Å²) in [5.74, 6) is -0.450. The van der Waals surface area contributed by atoms with E-state index in [4.69, 9.17) is 23.8 Å². The SMILES string of the molecule is Cc1ccc(-c2[nH]c(=S)ncc2F)cc1Cl. The minimum absolute atomic E-state index is 0.244. The van der Waals surface area contributed by atoms with Crippen LogP contribution < -0.4 is 0 Å². The molecular formula is C11H8ClFN2S. The van der Waals surface area contributed by atoms with Gasteiger partial charge in [-0.3, -0.25) is 0 Å². The summed E-state index contributed by atoms with van der Waals surface area (Å²) in [4.78, 5) is 6.36. The van der Waals surface area contributed by atoms with Gasteiger partial charge in [0.15, 0.2) is 10.6 Å². The fourth-order valence-electron chi connectivity index (χ4n) is 1.34. The maximum atomic E-state index is 13.5. The van der Waals surface area contributed by atoms with E-state index in [2.05, 4.69) is 9.97 Å². The van der Waals surface area contributed by atoms with Crippen LogP contribution in [-0.4, -0.2) is 9.97 Å². The van der Waals surface area contributed by atoms with Crippen molar-refractivity contribution < 1.29 is 4.39 Å². The van der Waals surface area contributed by atoms with Crippen molar-refractivity contribution in [2.45, 2.75) is 6.92 Å². The number of halogens is 2. The van der Waals surface area contributed by atoms with Gasteiger partial charge >= 0.3 is 0 Å². The molecule has 82 valence electrons. The Morgan fingerprint density at radius 3 is 2.88 bits per heavy atom. The highest BCUT2D eigenvalue weighted by molar-refractivity contribution is 7.71. The molecule has 0 atom stereocenters. The Morgan fingerprint density at radius 2 is 2.19 bits per heavy atom. The van der Waals surface area contributed by atoms with Crippen molar-refractivity contribution in [2.24, 2.45) is 0 Å². The van der Waals surface area contributed by atoms with Crippen molar-refractivity contribution >= 4 is 23.8 Å². The van der Waals surface area contributed by atoms with Gasteiger partial charge in [0, 0.05) is 10.6 Å². The van der Waals surface area contributed by atoms with E-state index < -0.39 is 5.82 Å². The fourth-order valence-corrected chi connectivity index (χ4v) is 1.67. The molecule has 1 aromatic carbocycles. The third-order valence-electron chi connectivity index (χ3n) is 2.23. The van der Waals surface area contributed by atoms with E-state index in [1.54, 1.807) is 12.1 Å². The second-order valence-corrected chi connectivity index (χ2v) is 4.17. The normalized spacial score (nSPS) is 10.4. The van der Waals surface area contributed by atoms with Crippen molar-refractivity contribution in [3.63, 3.8) is 0 Å². The molecule has 0 aliphatic heterocycles. The van der Waals surface area contributed by atoms with Crippen LogP contribution >= 0.6 is 23.8 Å². The summed E-state index contributed by atoms with van der Waals surface area (Å²) in [6.07, 6.45) is 1.10. The van der Waals surface area contributed by atoms with E-state index in [9.17, 15) is 4.39 Å². The summed E-state index contributed by atoms with van der Waals surface area (Å²) >= 11 is 10.8. The number of nitrogens with one attached hydrogen (secondary N) is 1. The first-order valence-corrected chi connectivity index (χ1v) is 5.38. The second kappa shape index (κ2) is 4.31. The number of aryl methyl sites for hydroxylation is 1. The van der Waals surface area contributed by atoms with Gasteiger partial charge < -0.3 is 4.98 Å².